The van der Waals surface area contributed by atoms with Crippen molar-refractivity contribution in [3.8, 4) is 0 Å². The van der Waals surface area contributed by atoms with Crippen LogP contribution in [0.15, 0.2) is 18.2 Å². The second kappa shape index (κ2) is 4.28. The Morgan fingerprint density at radius 1 is 1.31 bits per heavy atom. The van der Waals surface area contributed by atoms with E-state index in [0.29, 0.717) is 0 Å². The molecule has 0 radical (unpaired) electrons. The smallest absolute Gasteiger partial charge is 0.225 e. The third-order valence-corrected chi connectivity index (χ3v) is 3.18. The van der Waals surface area contributed by atoms with Crippen molar-refractivity contribution in [2.45, 2.75) is 33.7 Å². The number of amides is 1. The average molecular weight is 217 g/mol. The number of carbonyl (C=O) groups excluding carboxylic acids is 1. The number of hydrogen-bond donors (Lipinski definition) is 0. The molecule has 1 aromatic carbocycles. The van der Waals surface area contributed by atoms with E-state index >= 15 is 0 Å². The van der Waals surface area contributed by atoms with Crippen molar-refractivity contribution in [1.29, 1.82) is 0 Å². The first-order chi connectivity index (χ1) is 7.58. The molecule has 0 fully saturated rings. The molecular weight excluding hydrogens is 198 g/mol. The van der Waals surface area contributed by atoms with Crippen molar-refractivity contribution in [3.05, 3.63) is 34.9 Å². The van der Waals surface area contributed by atoms with Crippen LogP contribution in [0.25, 0.3) is 0 Å². The molecule has 1 aromatic rings. The molecule has 2 heteroatoms. The highest BCUT2D eigenvalue weighted by Crippen LogP contribution is 2.21. The zero-order valence-electron chi connectivity index (χ0n) is 10.3. The predicted molar refractivity (Wildman–Crippen MR) is 65.1 cm³/mol. The summed E-state index contributed by atoms with van der Waals surface area (Å²) >= 11 is 0. The first-order valence-electron chi connectivity index (χ1n) is 5.95. The van der Waals surface area contributed by atoms with Crippen LogP contribution in [0.1, 0.15) is 30.5 Å². The van der Waals surface area contributed by atoms with Gasteiger partial charge in [-0.25, -0.2) is 0 Å². The fourth-order valence-corrected chi connectivity index (χ4v) is 2.24. The van der Waals surface area contributed by atoms with Crippen LogP contribution in [-0.2, 0) is 17.8 Å². The molecule has 1 aliphatic heterocycles. The summed E-state index contributed by atoms with van der Waals surface area (Å²) in [6.07, 6.45) is 0.994. The van der Waals surface area contributed by atoms with Crippen LogP contribution < -0.4 is 0 Å². The van der Waals surface area contributed by atoms with E-state index in [-0.39, 0.29) is 11.8 Å². The zero-order valence-corrected chi connectivity index (χ0v) is 10.3. The Morgan fingerprint density at radius 2 is 2.06 bits per heavy atom. The molecule has 0 atom stereocenters. The summed E-state index contributed by atoms with van der Waals surface area (Å²) in [4.78, 5) is 13.9. The summed E-state index contributed by atoms with van der Waals surface area (Å²) in [5, 5.41) is 0. The minimum atomic E-state index is 0.103. The maximum atomic E-state index is 11.9. The monoisotopic (exact) mass is 217 g/mol. The number of aryl methyl sites for hydroxylation is 1. The molecule has 1 heterocycles. The molecule has 1 amide bonds. The van der Waals surface area contributed by atoms with Crippen molar-refractivity contribution < 1.29 is 4.79 Å². The number of hydrogen-bond acceptors (Lipinski definition) is 1. The van der Waals surface area contributed by atoms with E-state index in [0.717, 1.165) is 19.5 Å². The van der Waals surface area contributed by atoms with Gasteiger partial charge in [0.25, 0.3) is 0 Å². The van der Waals surface area contributed by atoms with Gasteiger partial charge in [0.2, 0.25) is 5.91 Å². The lowest BCUT2D eigenvalue weighted by atomic mass is 9.97. The Hall–Kier alpha value is -1.31. The first-order valence-corrected chi connectivity index (χ1v) is 5.95. The second-order valence-corrected chi connectivity index (χ2v) is 4.94. The van der Waals surface area contributed by atoms with Crippen LogP contribution in [0, 0.1) is 12.8 Å². The number of fused-ring (bicyclic) bond motifs is 1. The first kappa shape index (κ1) is 11.2. The molecule has 0 spiro atoms. The molecular formula is C14H19NO. The highest BCUT2D eigenvalue weighted by atomic mass is 16.2. The van der Waals surface area contributed by atoms with Crippen molar-refractivity contribution in [2.24, 2.45) is 5.92 Å². The lowest BCUT2D eigenvalue weighted by Crippen LogP contribution is -2.38. The highest BCUT2D eigenvalue weighted by molar-refractivity contribution is 5.78. The Bertz CT molecular complexity index is 409. The third-order valence-electron chi connectivity index (χ3n) is 3.18. The molecule has 0 aliphatic carbocycles. The van der Waals surface area contributed by atoms with E-state index in [1.165, 1.54) is 16.7 Å². The molecule has 0 unspecified atom stereocenters. The van der Waals surface area contributed by atoms with E-state index in [2.05, 4.69) is 25.1 Å². The van der Waals surface area contributed by atoms with Gasteiger partial charge >= 0.3 is 0 Å². The lowest BCUT2D eigenvalue weighted by Gasteiger charge is -2.30. The summed E-state index contributed by atoms with van der Waals surface area (Å²) in [5.41, 5.74) is 4.00. The van der Waals surface area contributed by atoms with Crippen LogP contribution in [0.5, 0.6) is 0 Å². The van der Waals surface area contributed by atoms with Crippen LogP contribution in [0.4, 0.5) is 0 Å². The quantitative estimate of drug-likeness (QED) is 0.708. The van der Waals surface area contributed by atoms with E-state index in [9.17, 15) is 4.79 Å². The van der Waals surface area contributed by atoms with Gasteiger partial charge < -0.3 is 4.90 Å². The molecule has 0 saturated carbocycles. The van der Waals surface area contributed by atoms with Gasteiger partial charge in [-0.15, -0.1) is 0 Å². The third kappa shape index (κ3) is 2.11. The SMILES string of the molecule is Cc1ccc2c(c1)CN(C(=O)C(C)C)CC2. The van der Waals surface area contributed by atoms with Crippen molar-refractivity contribution in [2.75, 3.05) is 6.54 Å². The molecule has 86 valence electrons. The molecule has 1 aliphatic rings. The van der Waals surface area contributed by atoms with Gasteiger partial charge in [-0.2, -0.15) is 0 Å². The van der Waals surface area contributed by atoms with Gasteiger partial charge in [-0.1, -0.05) is 37.6 Å². The maximum absolute atomic E-state index is 11.9. The molecule has 2 rings (SSSR count). The van der Waals surface area contributed by atoms with E-state index in [4.69, 9.17) is 0 Å². The summed E-state index contributed by atoms with van der Waals surface area (Å²) in [7, 11) is 0. The number of carbonyl (C=O) groups is 1. The summed E-state index contributed by atoms with van der Waals surface area (Å²) in [6, 6.07) is 6.55. The van der Waals surface area contributed by atoms with Crippen LogP contribution in [0.2, 0.25) is 0 Å². The van der Waals surface area contributed by atoms with Crippen LogP contribution in [0.3, 0.4) is 0 Å². The second-order valence-electron chi connectivity index (χ2n) is 4.94. The van der Waals surface area contributed by atoms with Crippen molar-refractivity contribution >= 4 is 5.91 Å². The summed E-state index contributed by atoms with van der Waals surface area (Å²) < 4.78 is 0. The minimum Gasteiger partial charge on any atom is -0.338 e. The fourth-order valence-electron chi connectivity index (χ4n) is 2.24. The Balaban J connectivity index is 2.20. The number of nitrogens with zero attached hydrogens (tertiary/aromatic N) is 1. The van der Waals surface area contributed by atoms with Crippen LogP contribution in [-0.4, -0.2) is 17.4 Å². The van der Waals surface area contributed by atoms with E-state index in [1.54, 1.807) is 0 Å². The Kier molecular flexibility index (Phi) is 2.99. The molecule has 0 saturated heterocycles. The van der Waals surface area contributed by atoms with Gasteiger partial charge in [-0.3, -0.25) is 4.79 Å². The van der Waals surface area contributed by atoms with E-state index in [1.807, 2.05) is 18.7 Å². The predicted octanol–water partition coefficient (Wildman–Crippen LogP) is 2.54. The molecule has 16 heavy (non-hydrogen) atoms. The standard InChI is InChI=1S/C14H19NO/c1-10(2)14(16)15-7-6-12-5-4-11(3)8-13(12)9-15/h4-5,8,10H,6-7,9H2,1-3H3. The normalized spacial score (nSPS) is 15.1. The summed E-state index contributed by atoms with van der Waals surface area (Å²) in [6.45, 7) is 7.69. The van der Waals surface area contributed by atoms with Gasteiger partial charge in [0.1, 0.15) is 0 Å². The fraction of sp³-hybridized carbons (Fsp3) is 0.500. The molecule has 0 N–H and O–H groups in total. The van der Waals surface area contributed by atoms with Crippen LogP contribution >= 0.6 is 0 Å². The van der Waals surface area contributed by atoms with Gasteiger partial charge in [0, 0.05) is 19.0 Å². The minimum absolute atomic E-state index is 0.103. The van der Waals surface area contributed by atoms with Crippen molar-refractivity contribution in [1.82, 2.24) is 4.90 Å². The van der Waals surface area contributed by atoms with Gasteiger partial charge in [0.15, 0.2) is 0 Å². The van der Waals surface area contributed by atoms with E-state index < -0.39 is 0 Å². The number of benzene rings is 1. The Morgan fingerprint density at radius 3 is 2.75 bits per heavy atom. The zero-order chi connectivity index (χ0) is 11.7. The van der Waals surface area contributed by atoms with Gasteiger partial charge in [0.05, 0.1) is 0 Å². The lowest BCUT2D eigenvalue weighted by molar-refractivity contribution is -0.135. The molecule has 0 bridgehead atoms. The maximum Gasteiger partial charge on any atom is 0.225 e. The number of rotatable bonds is 1. The average Bonchev–Trinajstić information content (AvgIpc) is 2.26. The van der Waals surface area contributed by atoms with Gasteiger partial charge in [-0.05, 0) is 24.5 Å². The highest BCUT2D eigenvalue weighted by Gasteiger charge is 2.22. The summed E-state index contributed by atoms with van der Waals surface area (Å²) in [5.74, 6) is 0.374. The topological polar surface area (TPSA) is 20.3 Å². The Labute approximate surface area is 97.3 Å². The largest absolute Gasteiger partial charge is 0.338 e. The molecule has 0 aromatic heterocycles. The molecule has 2 nitrogen and oxygen atoms in total. The van der Waals surface area contributed by atoms with Crippen molar-refractivity contribution in [3.63, 3.8) is 0 Å².